The topological polar surface area (TPSA) is 159 Å². The smallest absolute Gasteiger partial charge is 0.326 e. The highest BCUT2D eigenvalue weighted by Crippen LogP contribution is 2.22. The number of rotatable bonds is 4. The standard InChI is InChI=1S/C16H13N9O3/c26-6-10-5-24(7-17-10)14-21-12-8(3-11-13(27)22-16(28)20-11)4-18-25(12)15(23-14)19-9-1-2-9/h3-7,9,27H,1-2H2,(H2,20,22,28)/b8-3-,19-15?. The van der Waals surface area contributed by atoms with Crippen molar-refractivity contribution < 1.29 is 9.90 Å². The summed E-state index contributed by atoms with van der Waals surface area (Å²) in [5.41, 5.74) is 0.716. The molecule has 140 valence electrons. The second-order valence-corrected chi connectivity index (χ2v) is 6.33. The Hall–Kier alpha value is -4.09. The van der Waals surface area contributed by atoms with Crippen LogP contribution in [0.4, 0.5) is 0 Å². The Morgan fingerprint density at radius 3 is 2.82 bits per heavy atom. The predicted octanol–water partition coefficient (Wildman–Crippen LogP) is -1.54. The Bertz CT molecular complexity index is 1390. The number of imidazole rings is 2. The van der Waals surface area contributed by atoms with Crippen LogP contribution in [0.5, 0.6) is 5.88 Å². The van der Waals surface area contributed by atoms with Gasteiger partial charge >= 0.3 is 5.69 Å². The fourth-order valence-corrected chi connectivity index (χ4v) is 2.69. The van der Waals surface area contributed by atoms with Gasteiger partial charge in [0.05, 0.1) is 12.2 Å². The first-order chi connectivity index (χ1) is 13.6. The Morgan fingerprint density at radius 1 is 1.29 bits per heavy atom. The zero-order chi connectivity index (χ0) is 19.3. The van der Waals surface area contributed by atoms with Crippen molar-refractivity contribution in [1.82, 2.24) is 39.1 Å². The number of aldehydes is 1. The summed E-state index contributed by atoms with van der Waals surface area (Å²) in [7, 11) is 0. The molecule has 4 heterocycles. The highest BCUT2D eigenvalue weighted by atomic mass is 16.3. The van der Waals surface area contributed by atoms with Gasteiger partial charge in [-0.1, -0.05) is 0 Å². The molecule has 1 fully saturated rings. The molecule has 4 aromatic rings. The van der Waals surface area contributed by atoms with E-state index in [0.29, 0.717) is 22.8 Å². The van der Waals surface area contributed by atoms with E-state index in [0.717, 1.165) is 12.8 Å². The summed E-state index contributed by atoms with van der Waals surface area (Å²) in [5.74, 6) is -0.0128. The lowest BCUT2D eigenvalue weighted by atomic mass is 10.3. The van der Waals surface area contributed by atoms with Crippen LogP contribution in [0.1, 0.15) is 29.0 Å². The van der Waals surface area contributed by atoms with Crippen molar-refractivity contribution in [3.8, 4) is 11.8 Å². The maximum Gasteiger partial charge on any atom is 0.326 e. The third kappa shape index (κ3) is 2.76. The lowest BCUT2D eigenvalue weighted by Gasteiger charge is -2.01. The van der Waals surface area contributed by atoms with Crippen LogP contribution in [0.15, 0.2) is 28.5 Å². The number of hydrogen-bond donors (Lipinski definition) is 3. The minimum Gasteiger partial charge on any atom is -0.493 e. The molecule has 0 aliphatic heterocycles. The van der Waals surface area contributed by atoms with Gasteiger partial charge in [-0.15, -0.1) is 0 Å². The fraction of sp³-hybridized carbons (Fsp3) is 0.188. The summed E-state index contributed by atoms with van der Waals surface area (Å²) >= 11 is 0. The molecule has 0 amide bonds. The van der Waals surface area contributed by atoms with Crippen LogP contribution in [-0.2, 0) is 0 Å². The van der Waals surface area contributed by atoms with Crippen LogP contribution in [-0.4, -0.2) is 56.5 Å². The van der Waals surface area contributed by atoms with E-state index >= 15 is 0 Å². The Balaban J connectivity index is 1.77. The Kier molecular flexibility index (Phi) is 3.44. The molecule has 0 aromatic carbocycles. The molecule has 0 radical (unpaired) electrons. The molecule has 12 heteroatoms. The normalized spacial score (nSPS) is 15.6. The van der Waals surface area contributed by atoms with E-state index in [-0.39, 0.29) is 29.3 Å². The third-order valence-electron chi connectivity index (χ3n) is 4.20. The average molecular weight is 379 g/mol. The SMILES string of the molecule is O=Cc1cn(-c2nc(=NC3CC3)n3nc/c(=C/c4[nH]c(=O)[nH]c4O)c3n2)cn1. The van der Waals surface area contributed by atoms with Crippen LogP contribution in [0.2, 0.25) is 0 Å². The largest absolute Gasteiger partial charge is 0.493 e. The maximum atomic E-state index is 11.4. The van der Waals surface area contributed by atoms with Crippen LogP contribution >= 0.6 is 0 Å². The van der Waals surface area contributed by atoms with Gasteiger partial charge in [-0.2, -0.15) is 19.6 Å². The first-order valence-corrected chi connectivity index (χ1v) is 8.43. The van der Waals surface area contributed by atoms with Crippen molar-refractivity contribution in [2.45, 2.75) is 18.9 Å². The van der Waals surface area contributed by atoms with Gasteiger partial charge in [-0.3, -0.25) is 14.3 Å². The summed E-state index contributed by atoms with van der Waals surface area (Å²) < 4.78 is 3.01. The van der Waals surface area contributed by atoms with Crippen molar-refractivity contribution in [3.63, 3.8) is 0 Å². The van der Waals surface area contributed by atoms with Gasteiger partial charge in [0, 0.05) is 11.4 Å². The second kappa shape index (κ2) is 5.97. The number of hydrogen-bond acceptors (Lipinski definition) is 8. The number of aromatic hydroxyl groups is 1. The van der Waals surface area contributed by atoms with Crippen molar-refractivity contribution in [1.29, 1.82) is 0 Å². The molecule has 3 N–H and O–H groups in total. The van der Waals surface area contributed by atoms with E-state index < -0.39 is 5.69 Å². The summed E-state index contributed by atoms with van der Waals surface area (Å²) in [5, 5.41) is 14.6. The van der Waals surface area contributed by atoms with Gasteiger partial charge in [0.2, 0.25) is 11.8 Å². The Morgan fingerprint density at radius 2 is 2.14 bits per heavy atom. The summed E-state index contributed by atoms with van der Waals surface area (Å²) in [6, 6.07) is 0.195. The van der Waals surface area contributed by atoms with Gasteiger partial charge in [-0.05, 0) is 18.9 Å². The molecule has 1 aliphatic rings. The lowest BCUT2D eigenvalue weighted by Crippen LogP contribution is -2.25. The van der Waals surface area contributed by atoms with Crippen molar-refractivity contribution in [2.24, 2.45) is 4.99 Å². The predicted molar refractivity (Wildman–Crippen MR) is 93.7 cm³/mol. The molecule has 0 bridgehead atoms. The molecule has 0 atom stereocenters. The van der Waals surface area contributed by atoms with Gasteiger partial charge in [0.25, 0.3) is 5.62 Å². The number of carbonyl (C=O) groups excluding carboxylic acids is 1. The van der Waals surface area contributed by atoms with E-state index in [1.54, 1.807) is 0 Å². The van der Waals surface area contributed by atoms with E-state index in [1.807, 2.05) is 0 Å². The molecular weight excluding hydrogens is 366 g/mol. The molecule has 0 saturated heterocycles. The molecule has 28 heavy (non-hydrogen) atoms. The summed E-state index contributed by atoms with van der Waals surface area (Å²) in [4.78, 5) is 44.5. The monoisotopic (exact) mass is 379 g/mol. The molecule has 1 aliphatic carbocycles. The number of aromatic nitrogens is 8. The molecule has 12 nitrogen and oxygen atoms in total. The van der Waals surface area contributed by atoms with E-state index in [2.05, 4.69) is 35.0 Å². The van der Waals surface area contributed by atoms with Crippen molar-refractivity contribution in [2.75, 3.05) is 0 Å². The maximum absolute atomic E-state index is 11.4. The molecule has 5 rings (SSSR count). The van der Waals surface area contributed by atoms with E-state index in [9.17, 15) is 14.7 Å². The van der Waals surface area contributed by atoms with Gasteiger partial charge < -0.3 is 10.1 Å². The number of aromatic amines is 2. The van der Waals surface area contributed by atoms with Crippen LogP contribution < -0.4 is 16.5 Å². The second-order valence-electron chi connectivity index (χ2n) is 6.33. The first kappa shape index (κ1) is 16.1. The van der Waals surface area contributed by atoms with Gasteiger partial charge in [0.1, 0.15) is 17.7 Å². The third-order valence-corrected chi connectivity index (χ3v) is 4.20. The Labute approximate surface area is 155 Å². The lowest BCUT2D eigenvalue weighted by molar-refractivity contribution is 0.111. The summed E-state index contributed by atoms with van der Waals surface area (Å²) in [6.07, 6.45) is 8.63. The number of nitrogens with one attached hydrogen (secondary N) is 2. The first-order valence-electron chi connectivity index (χ1n) is 8.43. The zero-order valence-corrected chi connectivity index (χ0v) is 14.3. The molecule has 0 spiro atoms. The number of fused-ring (bicyclic) bond motifs is 1. The van der Waals surface area contributed by atoms with Crippen molar-refractivity contribution >= 4 is 18.0 Å². The van der Waals surface area contributed by atoms with Crippen LogP contribution in [0, 0.1) is 0 Å². The quantitative estimate of drug-likeness (QED) is 0.362. The molecule has 4 aromatic heterocycles. The van der Waals surface area contributed by atoms with Crippen LogP contribution in [0.3, 0.4) is 0 Å². The van der Waals surface area contributed by atoms with Crippen LogP contribution in [0.25, 0.3) is 17.7 Å². The van der Waals surface area contributed by atoms with Gasteiger partial charge in [0.15, 0.2) is 11.9 Å². The molecular formula is C16H13N9O3. The average Bonchev–Trinajstić information content (AvgIpc) is 3.08. The highest BCUT2D eigenvalue weighted by Gasteiger charge is 2.21. The zero-order valence-electron chi connectivity index (χ0n) is 14.3. The minimum atomic E-state index is -0.528. The highest BCUT2D eigenvalue weighted by molar-refractivity contribution is 5.71. The minimum absolute atomic E-state index is 0.195. The van der Waals surface area contributed by atoms with E-state index in [4.69, 9.17) is 0 Å². The van der Waals surface area contributed by atoms with E-state index in [1.165, 1.54) is 33.9 Å². The fourth-order valence-electron chi connectivity index (χ4n) is 2.69. The number of carbonyl (C=O) groups is 1. The number of nitrogens with zero attached hydrogens (tertiary/aromatic N) is 7. The molecule has 0 unspecified atom stereocenters. The van der Waals surface area contributed by atoms with Crippen molar-refractivity contribution in [3.05, 3.63) is 51.4 Å². The van der Waals surface area contributed by atoms with Gasteiger partial charge in [-0.25, -0.2) is 14.8 Å². The number of H-pyrrole nitrogens is 2. The summed E-state index contributed by atoms with van der Waals surface area (Å²) in [6.45, 7) is 0. The molecule has 1 saturated carbocycles.